The number of methoxy groups -OCH3 is 2. The number of nitrogens with one attached hydrogen (secondary N) is 1. The molecule has 0 aliphatic carbocycles. The predicted molar refractivity (Wildman–Crippen MR) is 278 cm³/mol. The van der Waals surface area contributed by atoms with Crippen molar-refractivity contribution in [3.63, 3.8) is 0 Å². The number of aryl methyl sites for hydroxylation is 4. The molecule has 0 atom stereocenters. The van der Waals surface area contributed by atoms with Gasteiger partial charge in [-0.25, -0.2) is 41.9 Å². The number of anilines is 1. The molecule has 0 saturated carbocycles. The number of Topliss-reactive ketones (excluding diaryl/α,β-unsaturated/α-hetero) is 1. The predicted octanol–water partition coefficient (Wildman–Crippen LogP) is 12.5. The van der Waals surface area contributed by atoms with E-state index in [9.17, 15) is 48.3 Å². The van der Waals surface area contributed by atoms with Gasteiger partial charge in [-0.15, -0.1) is 0 Å². The first-order valence-electron chi connectivity index (χ1n) is 23.8. The Hall–Kier alpha value is -9.04. The number of phenolic OH excluding ortho intramolecular Hbond substituents is 1. The number of hydrogen-bond donors (Lipinski definition) is 2. The van der Waals surface area contributed by atoms with E-state index in [4.69, 9.17) is 32.2 Å². The van der Waals surface area contributed by atoms with Crippen molar-refractivity contribution >= 4 is 21.6 Å². The van der Waals surface area contributed by atoms with Crippen molar-refractivity contribution in [1.82, 2.24) is 25.3 Å². The maximum Gasteiger partial charge on any atom is 0.534 e. The van der Waals surface area contributed by atoms with Crippen LogP contribution in [0.2, 0.25) is 0 Å². The third-order valence-electron chi connectivity index (χ3n) is 11.1. The molecule has 1 aliphatic rings. The van der Waals surface area contributed by atoms with Crippen LogP contribution in [0.3, 0.4) is 0 Å². The number of aromatic nitrogens is 4. The Morgan fingerprint density at radius 1 is 0.556 bits per heavy atom. The number of phenols is 1. The zero-order chi connectivity index (χ0) is 59.2. The molecule has 81 heavy (non-hydrogen) atoms. The summed E-state index contributed by atoms with van der Waals surface area (Å²) in [5, 5.41) is 12.2. The number of rotatable bonds is 10. The van der Waals surface area contributed by atoms with Crippen molar-refractivity contribution in [2.75, 3.05) is 45.3 Å². The average molecular weight is 1160 g/mol. The topological polar surface area (TPSA) is 219 Å². The molecule has 5 aromatic carbocycles. The van der Waals surface area contributed by atoms with Gasteiger partial charge in [0, 0.05) is 81.7 Å². The zero-order valence-electron chi connectivity index (χ0n) is 44.0. The van der Waals surface area contributed by atoms with Crippen molar-refractivity contribution in [2.24, 2.45) is 0 Å². The van der Waals surface area contributed by atoms with E-state index in [2.05, 4.69) is 34.3 Å². The second-order valence-corrected chi connectivity index (χ2v) is 18.5. The van der Waals surface area contributed by atoms with Gasteiger partial charge in [-0.3, -0.25) is 4.79 Å². The summed E-state index contributed by atoms with van der Waals surface area (Å²) in [4.78, 5) is 29.1. The molecule has 1 fully saturated rings. The van der Waals surface area contributed by atoms with Crippen LogP contribution in [0.5, 0.6) is 23.0 Å². The summed E-state index contributed by atoms with van der Waals surface area (Å²) in [5.41, 5.74) is -0.341. The highest BCUT2D eigenvalue weighted by Crippen LogP contribution is 2.32. The summed E-state index contributed by atoms with van der Waals surface area (Å²) in [6.07, 6.45) is 5.71. The maximum atomic E-state index is 14.2. The Morgan fingerprint density at radius 2 is 0.926 bits per heavy atom. The van der Waals surface area contributed by atoms with Gasteiger partial charge in [0.25, 0.3) is 0 Å². The molecule has 9 aromatic rings. The zero-order valence-corrected chi connectivity index (χ0v) is 44.8. The van der Waals surface area contributed by atoms with Crippen LogP contribution in [0.1, 0.15) is 40.8 Å². The Kier molecular flexibility index (Phi) is 20.6. The van der Waals surface area contributed by atoms with Gasteiger partial charge in [-0.05, 0) is 91.9 Å². The van der Waals surface area contributed by atoms with Gasteiger partial charge in [0.1, 0.15) is 53.6 Å². The van der Waals surface area contributed by atoms with Gasteiger partial charge in [0.15, 0.2) is 75.6 Å². The molecule has 17 nitrogen and oxygen atoms in total. The van der Waals surface area contributed by atoms with Crippen LogP contribution in [-0.4, -0.2) is 85.2 Å². The Morgan fingerprint density at radius 3 is 1.27 bits per heavy atom. The molecular formula is C55H50F8N6O11S. The fraction of sp³-hybridized carbons (Fsp3) is 0.218. The highest BCUT2D eigenvalue weighted by Gasteiger charge is 2.49. The second kappa shape index (κ2) is 27.2. The van der Waals surface area contributed by atoms with Crippen LogP contribution < -0.4 is 23.9 Å². The number of carbonyl (C=O) groups excluding carboxylic acids is 1. The van der Waals surface area contributed by atoms with E-state index in [0.717, 1.165) is 49.9 Å². The lowest BCUT2D eigenvalue weighted by Gasteiger charge is -2.29. The van der Waals surface area contributed by atoms with E-state index in [1.54, 1.807) is 52.2 Å². The molecule has 428 valence electrons. The van der Waals surface area contributed by atoms with Crippen LogP contribution in [0, 0.1) is 56.8 Å². The van der Waals surface area contributed by atoms with Crippen LogP contribution in [0.15, 0.2) is 134 Å². The highest BCUT2D eigenvalue weighted by molar-refractivity contribution is 7.88. The van der Waals surface area contributed by atoms with Gasteiger partial charge in [0.05, 0.1) is 19.9 Å². The first-order valence-corrected chi connectivity index (χ1v) is 25.2. The number of benzene rings is 5. The van der Waals surface area contributed by atoms with Gasteiger partial charge in [-0.1, -0.05) is 6.07 Å². The first kappa shape index (κ1) is 61.2. The lowest BCUT2D eigenvalue weighted by atomic mass is 10.1. The van der Waals surface area contributed by atoms with Crippen LogP contribution in [-0.2, 0) is 10.1 Å². The number of aromatic hydroxyl groups is 1. The quantitative estimate of drug-likeness (QED) is 0.0563. The number of alkyl halides is 3. The SMILES string of the molecule is COc1ccc(-c2coc(C)n2)cc1F.COc1ccc(C(C)=O)cc1F.Cc1nc(-c2ccc(N3CCNCC3)c(F)c2)co1.Cc1nc(-c2ccc(O)c(F)c2)co1.Cc1nc(-c2ccc(OS(=O)(=O)C(F)(F)F)c(F)c2)co1. The summed E-state index contributed by atoms with van der Waals surface area (Å²) < 4.78 is 158. The summed E-state index contributed by atoms with van der Waals surface area (Å²) in [6.45, 7) is 11.6. The van der Waals surface area contributed by atoms with Crippen molar-refractivity contribution in [2.45, 2.75) is 40.1 Å². The number of oxazole rings is 4. The largest absolute Gasteiger partial charge is 0.534 e. The fourth-order valence-corrected chi connectivity index (χ4v) is 7.55. The van der Waals surface area contributed by atoms with E-state index < -0.39 is 44.6 Å². The van der Waals surface area contributed by atoms with E-state index >= 15 is 0 Å². The normalized spacial score (nSPS) is 12.1. The van der Waals surface area contributed by atoms with E-state index in [0.29, 0.717) is 63.0 Å². The maximum absolute atomic E-state index is 14.2. The number of piperazine rings is 1. The van der Waals surface area contributed by atoms with Crippen molar-refractivity contribution < 1.29 is 84.8 Å². The molecule has 0 spiro atoms. The summed E-state index contributed by atoms with van der Waals surface area (Å²) in [7, 11) is -3.11. The molecule has 2 N–H and O–H groups in total. The standard InChI is InChI=1S/C14H16FN3O.C11H7F4NO4S.C11H10FNO2.C10H8FNO2.C9H9FO2/c1-10-17-13(9-19-10)11-2-3-14(12(15)8-11)18-6-4-16-5-7-18;1-6-16-9(5-19-6)7-2-3-10(8(12)4-7)20-21(17,18)11(13,14)15;1-7-13-10(6-15-7)8-3-4-11(14-2)9(12)5-8;1-6-12-9(5-14-6)7-2-3-10(13)8(11)4-7;1-6(11)7-3-4-9(12-2)8(10)5-7/h2-3,8-9,16H,4-7H2,1H3;2-5H,1H3;3-6H,1-2H3;2-5,13H,1H3;3-5H,1-2H3. The lowest BCUT2D eigenvalue weighted by molar-refractivity contribution is -0.0501. The lowest BCUT2D eigenvalue weighted by Crippen LogP contribution is -2.43. The molecule has 0 amide bonds. The number of nitrogens with zero attached hydrogens (tertiary/aromatic N) is 5. The Labute approximate surface area is 457 Å². The summed E-state index contributed by atoms with van der Waals surface area (Å²) >= 11 is 0. The number of ether oxygens (including phenoxy) is 2. The highest BCUT2D eigenvalue weighted by atomic mass is 32.2. The molecule has 0 radical (unpaired) electrons. The molecule has 5 heterocycles. The van der Waals surface area contributed by atoms with Crippen LogP contribution in [0.4, 0.5) is 40.8 Å². The van der Waals surface area contributed by atoms with Crippen LogP contribution in [0.25, 0.3) is 45.0 Å². The molecule has 1 saturated heterocycles. The molecule has 10 rings (SSSR count). The molecule has 26 heteroatoms. The van der Waals surface area contributed by atoms with Crippen molar-refractivity contribution in [3.8, 4) is 68.0 Å². The molecule has 0 bridgehead atoms. The van der Waals surface area contributed by atoms with E-state index in [1.807, 2.05) is 12.1 Å². The number of carbonyl (C=O) groups is 1. The van der Waals surface area contributed by atoms with E-state index in [1.165, 1.54) is 82.4 Å². The molecule has 1 aliphatic heterocycles. The molecular weight excluding hydrogens is 1100 g/mol. The summed E-state index contributed by atoms with van der Waals surface area (Å²) in [6, 6.07) is 20.8. The molecule has 0 unspecified atom stereocenters. The van der Waals surface area contributed by atoms with Gasteiger partial charge < -0.3 is 46.6 Å². The number of ketones is 1. The Balaban J connectivity index is 0.000000165. The fourth-order valence-electron chi connectivity index (χ4n) is 7.08. The van der Waals surface area contributed by atoms with Crippen LogP contribution >= 0.6 is 0 Å². The Bertz CT molecular complexity index is 3690. The van der Waals surface area contributed by atoms with Crippen molar-refractivity contribution in [3.05, 3.63) is 174 Å². The first-order chi connectivity index (χ1) is 38.4. The smallest absolute Gasteiger partial charge is 0.505 e. The minimum Gasteiger partial charge on any atom is -0.505 e. The van der Waals surface area contributed by atoms with Gasteiger partial charge in [-0.2, -0.15) is 21.6 Å². The third-order valence-corrected chi connectivity index (χ3v) is 12.1. The van der Waals surface area contributed by atoms with Crippen molar-refractivity contribution in [1.29, 1.82) is 0 Å². The van der Waals surface area contributed by atoms with Gasteiger partial charge >= 0.3 is 15.6 Å². The number of hydrogen-bond acceptors (Lipinski definition) is 17. The molecule has 4 aromatic heterocycles. The minimum absolute atomic E-state index is 0.153. The summed E-state index contributed by atoms with van der Waals surface area (Å²) in [5.74, 6) is -2.30. The average Bonchev–Trinajstić information content (AvgIpc) is 4.28. The minimum atomic E-state index is -5.92. The number of halogens is 8. The second-order valence-electron chi connectivity index (χ2n) is 17.0. The van der Waals surface area contributed by atoms with Gasteiger partial charge in [0.2, 0.25) is 0 Å². The monoisotopic (exact) mass is 1150 g/mol. The van der Waals surface area contributed by atoms with E-state index in [-0.39, 0.29) is 40.1 Å². The third kappa shape index (κ3) is 16.7.